The van der Waals surface area contributed by atoms with Crippen molar-refractivity contribution < 1.29 is 18.0 Å². The highest BCUT2D eigenvalue weighted by Crippen LogP contribution is 2.32. The van der Waals surface area contributed by atoms with E-state index in [1.807, 2.05) is 5.32 Å². The average molecular weight is 330 g/mol. The largest absolute Gasteiger partial charge is 0.412 e. The van der Waals surface area contributed by atoms with E-state index < -0.39 is 18.1 Å². The number of carbonyl (C=O) groups is 1. The highest BCUT2D eigenvalue weighted by Gasteiger charge is 2.41. The van der Waals surface area contributed by atoms with Crippen LogP contribution in [0.15, 0.2) is 35.5 Å². The predicted octanol–water partition coefficient (Wildman–Crippen LogP) is 2.63. The Balaban J connectivity index is 2.00. The highest BCUT2D eigenvalue weighted by molar-refractivity contribution is 7.99. The third-order valence-corrected chi connectivity index (χ3v) is 3.52. The summed E-state index contributed by atoms with van der Waals surface area (Å²) < 4.78 is 39.2. The highest BCUT2D eigenvalue weighted by atomic mass is 32.2. The number of rotatable bonds is 5. The number of nitrogens with one attached hydrogen (secondary N) is 2. The molecule has 0 unspecified atom stereocenters. The summed E-state index contributed by atoms with van der Waals surface area (Å²) in [6, 6.07) is 5.21. The smallest absolute Gasteiger partial charge is 0.340 e. The molecule has 2 rings (SSSR count). The predicted molar refractivity (Wildman–Crippen MR) is 75.2 cm³/mol. The zero-order valence-corrected chi connectivity index (χ0v) is 12.3. The fourth-order valence-corrected chi connectivity index (χ4v) is 2.37. The number of carbonyl (C=O) groups excluding carboxylic acids is 1. The fraction of sp³-hybridized carbons (Fsp3) is 0.308. The molecular formula is C13H13F3N4OS. The van der Waals surface area contributed by atoms with Crippen molar-refractivity contribution >= 4 is 17.7 Å². The van der Waals surface area contributed by atoms with Crippen molar-refractivity contribution in [1.82, 2.24) is 20.5 Å². The molecule has 1 amide bonds. The second-order valence-corrected chi connectivity index (χ2v) is 5.39. The van der Waals surface area contributed by atoms with Gasteiger partial charge in [-0.15, -0.1) is 5.10 Å². The SMILES string of the molecule is Cc1nc(SCC(=O)N[C@@H](c2ccccc2)C(F)(F)F)n[nH]1. The van der Waals surface area contributed by atoms with Crippen LogP contribution >= 0.6 is 11.8 Å². The minimum Gasteiger partial charge on any atom is -0.340 e. The molecule has 1 aromatic carbocycles. The van der Waals surface area contributed by atoms with E-state index in [1.165, 1.54) is 24.3 Å². The first-order valence-corrected chi connectivity index (χ1v) is 7.27. The number of hydrogen-bond donors (Lipinski definition) is 2. The van der Waals surface area contributed by atoms with Crippen LogP contribution in [0.4, 0.5) is 13.2 Å². The van der Waals surface area contributed by atoms with Crippen LogP contribution in [-0.4, -0.2) is 33.0 Å². The number of nitrogens with zero attached hydrogens (tertiary/aromatic N) is 2. The van der Waals surface area contributed by atoms with Crippen LogP contribution in [0.5, 0.6) is 0 Å². The van der Waals surface area contributed by atoms with Crippen molar-refractivity contribution in [2.75, 3.05) is 5.75 Å². The number of hydrogen-bond acceptors (Lipinski definition) is 4. The van der Waals surface area contributed by atoms with Gasteiger partial charge in [-0.25, -0.2) is 4.98 Å². The van der Waals surface area contributed by atoms with Gasteiger partial charge in [0.25, 0.3) is 0 Å². The third-order valence-electron chi connectivity index (χ3n) is 2.67. The molecule has 118 valence electrons. The summed E-state index contributed by atoms with van der Waals surface area (Å²) in [5.74, 6) is -0.365. The van der Waals surface area contributed by atoms with E-state index in [-0.39, 0.29) is 11.3 Å². The first-order valence-electron chi connectivity index (χ1n) is 6.29. The molecular weight excluding hydrogens is 317 g/mol. The van der Waals surface area contributed by atoms with Gasteiger partial charge in [0, 0.05) is 0 Å². The Morgan fingerprint density at radius 3 is 2.59 bits per heavy atom. The zero-order chi connectivity index (χ0) is 16.2. The van der Waals surface area contributed by atoms with Crippen molar-refractivity contribution in [2.45, 2.75) is 24.3 Å². The average Bonchev–Trinajstić information content (AvgIpc) is 2.88. The maximum absolute atomic E-state index is 13.1. The standard InChI is InChI=1S/C13H13F3N4OS/c1-8-17-12(20-19-8)22-7-10(21)18-11(13(14,15)16)9-5-3-2-4-6-9/h2-6,11H,7H2,1H3,(H,18,21)(H,17,19,20)/t11-/m0/s1. The Morgan fingerprint density at radius 1 is 1.36 bits per heavy atom. The van der Waals surface area contributed by atoms with Crippen molar-refractivity contribution in [3.8, 4) is 0 Å². The lowest BCUT2D eigenvalue weighted by Crippen LogP contribution is -2.39. The molecule has 0 fully saturated rings. The molecule has 0 saturated heterocycles. The van der Waals surface area contributed by atoms with Crippen molar-refractivity contribution in [3.63, 3.8) is 0 Å². The second kappa shape index (κ2) is 6.82. The summed E-state index contributed by atoms with van der Waals surface area (Å²) >= 11 is 0.964. The molecule has 0 bridgehead atoms. The van der Waals surface area contributed by atoms with Gasteiger partial charge in [-0.2, -0.15) is 13.2 Å². The molecule has 0 aliphatic rings. The Morgan fingerprint density at radius 2 is 2.05 bits per heavy atom. The molecule has 0 spiro atoms. The van der Waals surface area contributed by atoms with Crippen LogP contribution in [0.3, 0.4) is 0 Å². The van der Waals surface area contributed by atoms with Gasteiger partial charge in [0.1, 0.15) is 5.82 Å². The minimum atomic E-state index is -4.57. The van der Waals surface area contributed by atoms with Gasteiger partial charge in [-0.05, 0) is 12.5 Å². The molecule has 1 aromatic heterocycles. The van der Waals surface area contributed by atoms with E-state index in [0.717, 1.165) is 11.8 Å². The summed E-state index contributed by atoms with van der Waals surface area (Å²) in [6.45, 7) is 1.69. The molecule has 1 atom stereocenters. The van der Waals surface area contributed by atoms with Crippen LogP contribution in [0.1, 0.15) is 17.4 Å². The summed E-state index contributed by atoms with van der Waals surface area (Å²) in [6.07, 6.45) is -4.57. The number of aromatic amines is 1. The quantitative estimate of drug-likeness (QED) is 0.827. The molecule has 0 aliphatic carbocycles. The number of H-pyrrole nitrogens is 1. The molecule has 2 aromatic rings. The lowest BCUT2D eigenvalue weighted by Gasteiger charge is -2.21. The number of thioether (sulfide) groups is 1. The minimum absolute atomic E-state index is 0.0120. The van der Waals surface area contributed by atoms with Gasteiger partial charge in [0.15, 0.2) is 6.04 Å². The lowest BCUT2D eigenvalue weighted by molar-refractivity contribution is -0.162. The summed E-state index contributed by atoms with van der Waals surface area (Å²) in [5, 5.41) is 8.70. The Kier molecular flexibility index (Phi) is 5.07. The van der Waals surface area contributed by atoms with Crippen molar-refractivity contribution in [3.05, 3.63) is 41.7 Å². The number of alkyl halides is 3. The van der Waals surface area contributed by atoms with E-state index >= 15 is 0 Å². The molecule has 5 nitrogen and oxygen atoms in total. The van der Waals surface area contributed by atoms with E-state index in [2.05, 4.69) is 15.2 Å². The Bertz CT molecular complexity index is 630. The van der Waals surface area contributed by atoms with Gasteiger partial charge in [0.05, 0.1) is 5.75 Å². The van der Waals surface area contributed by atoms with Crippen molar-refractivity contribution in [2.24, 2.45) is 0 Å². The zero-order valence-electron chi connectivity index (χ0n) is 11.5. The summed E-state index contributed by atoms with van der Waals surface area (Å²) in [5.41, 5.74) is -0.0120. The molecule has 22 heavy (non-hydrogen) atoms. The van der Waals surface area contributed by atoms with E-state index in [1.54, 1.807) is 13.0 Å². The van der Waals surface area contributed by atoms with Crippen LogP contribution in [0, 0.1) is 6.92 Å². The van der Waals surface area contributed by atoms with Crippen LogP contribution in [0.2, 0.25) is 0 Å². The van der Waals surface area contributed by atoms with Crippen molar-refractivity contribution in [1.29, 1.82) is 0 Å². The topological polar surface area (TPSA) is 70.7 Å². The number of benzene rings is 1. The van der Waals surface area contributed by atoms with E-state index in [0.29, 0.717) is 11.0 Å². The molecule has 0 radical (unpaired) electrons. The Hall–Kier alpha value is -2.03. The molecule has 0 saturated carbocycles. The number of amides is 1. The maximum Gasteiger partial charge on any atom is 0.412 e. The van der Waals surface area contributed by atoms with Crippen LogP contribution in [-0.2, 0) is 4.79 Å². The monoisotopic (exact) mass is 330 g/mol. The van der Waals surface area contributed by atoms with Gasteiger partial charge >= 0.3 is 6.18 Å². The first kappa shape index (κ1) is 16.3. The molecule has 2 N–H and O–H groups in total. The molecule has 0 aliphatic heterocycles. The van der Waals surface area contributed by atoms with E-state index in [9.17, 15) is 18.0 Å². The Labute approximate surface area is 128 Å². The maximum atomic E-state index is 13.1. The fourth-order valence-electron chi connectivity index (χ4n) is 1.72. The third kappa shape index (κ3) is 4.48. The van der Waals surface area contributed by atoms with Gasteiger partial charge in [-0.1, -0.05) is 42.1 Å². The summed E-state index contributed by atoms with van der Waals surface area (Å²) in [4.78, 5) is 15.7. The first-order chi connectivity index (χ1) is 10.4. The number of halogens is 3. The lowest BCUT2D eigenvalue weighted by atomic mass is 10.1. The summed E-state index contributed by atoms with van der Waals surface area (Å²) in [7, 11) is 0. The molecule has 1 heterocycles. The van der Waals surface area contributed by atoms with E-state index in [4.69, 9.17) is 0 Å². The van der Waals surface area contributed by atoms with Gasteiger partial charge in [-0.3, -0.25) is 9.89 Å². The van der Waals surface area contributed by atoms with Gasteiger partial charge < -0.3 is 5.32 Å². The van der Waals surface area contributed by atoms with Crippen LogP contribution < -0.4 is 5.32 Å². The normalized spacial score (nSPS) is 12.9. The molecule has 9 heteroatoms. The van der Waals surface area contributed by atoms with Crippen LogP contribution in [0.25, 0.3) is 0 Å². The number of aromatic nitrogens is 3. The second-order valence-electron chi connectivity index (χ2n) is 4.44. The number of aryl methyl sites for hydroxylation is 1. The van der Waals surface area contributed by atoms with Gasteiger partial charge in [0.2, 0.25) is 11.1 Å².